The smallest absolute Gasteiger partial charge is 0.254 e. The zero-order chi connectivity index (χ0) is 22.7. The molecule has 32 heavy (non-hydrogen) atoms. The zero-order valence-electron chi connectivity index (χ0n) is 18.1. The molecular weight excluding hydrogens is 412 g/mol. The first-order valence-electron chi connectivity index (χ1n) is 10.7. The summed E-state index contributed by atoms with van der Waals surface area (Å²) >= 11 is 0. The first kappa shape index (κ1) is 21.9. The predicted octanol–water partition coefficient (Wildman–Crippen LogP) is 5.05. The fourth-order valence-corrected chi connectivity index (χ4v) is 4.00. The lowest BCUT2D eigenvalue weighted by Crippen LogP contribution is -2.47. The normalized spacial score (nSPS) is 18.4. The van der Waals surface area contributed by atoms with E-state index in [1.165, 1.54) is 18.2 Å². The Morgan fingerprint density at radius 2 is 1.81 bits per heavy atom. The van der Waals surface area contributed by atoms with Crippen molar-refractivity contribution >= 4 is 5.91 Å². The van der Waals surface area contributed by atoms with Crippen LogP contribution < -0.4 is 4.74 Å². The van der Waals surface area contributed by atoms with Crippen LogP contribution in [0, 0.1) is 24.5 Å². The molecule has 0 bridgehead atoms. The number of carbonyl (C=O) groups excluding carboxylic acids is 1. The van der Waals surface area contributed by atoms with Gasteiger partial charge in [0.15, 0.2) is 0 Å². The molecular formula is C25H25F2N3O2. The van der Waals surface area contributed by atoms with Crippen LogP contribution in [0.3, 0.4) is 0 Å². The summed E-state index contributed by atoms with van der Waals surface area (Å²) in [5.74, 6) is -0.403. The van der Waals surface area contributed by atoms with Crippen LogP contribution in [-0.2, 0) is 0 Å². The van der Waals surface area contributed by atoms with Gasteiger partial charge in [-0.2, -0.15) is 0 Å². The van der Waals surface area contributed by atoms with Crippen LogP contribution in [0.5, 0.6) is 5.88 Å². The van der Waals surface area contributed by atoms with Gasteiger partial charge in [-0.3, -0.25) is 9.78 Å². The van der Waals surface area contributed by atoms with E-state index < -0.39 is 11.6 Å². The van der Waals surface area contributed by atoms with Crippen LogP contribution in [0.1, 0.15) is 35.7 Å². The minimum absolute atomic E-state index is 0.0769. The molecule has 0 aliphatic carbocycles. The van der Waals surface area contributed by atoms with Crippen molar-refractivity contribution in [2.24, 2.45) is 5.92 Å². The Morgan fingerprint density at radius 3 is 2.50 bits per heavy atom. The first-order valence-corrected chi connectivity index (χ1v) is 10.7. The van der Waals surface area contributed by atoms with Gasteiger partial charge >= 0.3 is 0 Å². The van der Waals surface area contributed by atoms with E-state index in [-0.39, 0.29) is 17.9 Å². The molecule has 1 fully saturated rings. The van der Waals surface area contributed by atoms with Gasteiger partial charge in [0.05, 0.1) is 24.7 Å². The van der Waals surface area contributed by atoms with E-state index >= 15 is 0 Å². The number of halogens is 2. The summed E-state index contributed by atoms with van der Waals surface area (Å²) in [6, 6.07) is 11.5. The van der Waals surface area contributed by atoms with Gasteiger partial charge in [0.1, 0.15) is 11.6 Å². The van der Waals surface area contributed by atoms with Crippen LogP contribution in [0.4, 0.5) is 8.78 Å². The molecule has 2 unspecified atom stereocenters. The highest BCUT2D eigenvalue weighted by atomic mass is 19.1. The zero-order valence-corrected chi connectivity index (χ0v) is 18.1. The molecule has 1 aliphatic rings. The maximum Gasteiger partial charge on any atom is 0.254 e. The number of nitrogens with zero attached hydrogens (tertiary/aromatic N) is 3. The Morgan fingerprint density at radius 1 is 1.06 bits per heavy atom. The third-order valence-electron chi connectivity index (χ3n) is 5.82. The molecule has 4 rings (SSSR count). The Balaban J connectivity index is 1.53. The lowest BCUT2D eigenvalue weighted by Gasteiger charge is -2.38. The highest BCUT2D eigenvalue weighted by molar-refractivity contribution is 6.01. The topological polar surface area (TPSA) is 55.3 Å². The Bertz CT molecular complexity index is 1090. The van der Waals surface area contributed by atoms with E-state index in [1.54, 1.807) is 6.07 Å². The molecule has 1 saturated heterocycles. The van der Waals surface area contributed by atoms with Crippen molar-refractivity contribution in [2.75, 3.05) is 13.2 Å². The third-order valence-corrected chi connectivity index (χ3v) is 5.82. The predicted molar refractivity (Wildman–Crippen MR) is 117 cm³/mol. The molecule has 1 amide bonds. The highest BCUT2D eigenvalue weighted by Crippen LogP contribution is 2.29. The quantitative estimate of drug-likeness (QED) is 0.561. The standard InChI is InChI=1S/C25H25F2N3O2/c1-16-3-8-21(23-9-6-19(26)12-28-23)22(11-16)25(31)30-14-18(5-4-17(30)2)15-32-24-10-7-20(27)13-29-24/h3,6-13,17-18H,4-5,14-15H2,1-2H3. The molecule has 7 heteroatoms. The number of rotatable bonds is 5. The van der Waals surface area contributed by atoms with Crippen LogP contribution in [0.15, 0.2) is 54.9 Å². The molecule has 0 spiro atoms. The average Bonchev–Trinajstić information content (AvgIpc) is 2.80. The fraction of sp³-hybridized carbons (Fsp3) is 0.320. The van der Waals surface area contributed by atoms with E-state index in [4.69, 9.17) is 4.74 Å². The van der Waals surface area contributed by atoms with E-state index in [0.717, 1.165) is 30.8 Å². The van der Waals surface area contributed by atoms with Crippen molar-refractivity contribution in [3.05, 3.63) is 77.6 Å². The van der Waals surface area contributed by atoms with Crippen molar-refractivity contribution in [1.29, 1.82) is 0 Å². The molecule has 0 radical (unpaired) electrons. The Hall–Kier alpha value is -3.35. The maximum absolute atomic E-state index is 13.6. The SMILES string of the molecule is Cc1ccc(-c2ccc(F)cn2)c(C(=O)N2CC(COc3ccc(F)cn3)CCC2C)c1. The molecule has 0 saturated carbocycles. The van der Waals surface area contributed by atoms with Crippen molar-refractivity contribution in [3.8, 4) is 17.1 Å². The number of piperidine rings is 1. The van der Waals surface area contributed by atoms with Crippen LogP contribution in [-0.4, -0.2) is 40.0 Å². The number of hydrogen-bond acceptors (Lipinski definition) is 4. The number of pyridine rings is 2. The summed E-state index contributed by atoms with van der Waals surface area (Å²) in [5, 5.41) is 0. The van der Waals surface area contributed by atoms with Crippen molar-refractivity contribution in [2.45, 2.75) is 32.7 Å². The molecule has 3 aromatic rings. The van der Waals surface area contributed by atoms with E-state index in [1.807, 2.05) is 36.9 Å². The number of aryl methyl sites for hydroxylation is 1. The number of ether oxygens (including phenoxy) is 1. The first-order chi connectivity index (χ1) is 15.4. The number of benzene rings is 1. The molecule has 1 aliphatic heterocycles. The van der Waals surface area contributed by atoms with Crippen molar-refractivity contribution in [3.63, 3.8) is 0 Å². The summed E-state index contributed by atoms with van der Waals surface area (Å²) in [6.45, 7) is 4.92. The third kappa shape index (κ3) is 4.93. The second-order valence-corrected chi connectivity index (χ2v) is 8.29. The van der Waals surface area contributed by atoms with Gasteiger partial charge in [-0.25, -0.2) is 13.8 Å². The summed E-state index contributed by atoms with van der Waals surface area (Å²) in [4.78, 5) is 23.6. The fourth-order valence-electron chi connectivity index (χ4n) is 4.00. The summed E-state index contributed by atoms with van der Waals surface area (Å²) in [7, 11) is 0. The van der Waals surface area contributed by atoms with E-state index in [9.17, 15) is 13.6 Å². The summed E-state index contributed by atoms with van der Waals surface area (Å²) in [5.41, 5.74) is 2.76. The van der Waals surface area contributed by atoms with Crippen LogP contribution in [0.2, 0.25) is 0 Å². The van der Waals surface area contributed by atoms with Gasteiger partial charge in [-0.05, 0) is 51.0 Å². The van der Waals surface area contributed by atoms with Gasteiger partial charge in [0.2, 0.25) is 5.88 Å². The van der Waals surface area contributed by atoms with Crippen molar-refractivity contribution < 1.29 is 18.3 Å². The average molecular weight is 437 g/mol. The van der Waals surface area contributed by atoms with Crippen LogP contribution in [0.25, 0.3) is 11.3 Å². The molecule has 1 aromatic carbocycles. The Labute approximate surface area is 186 Å². The molecule has 2 atom stereocenters. The Kier molecular flexibility index (Phi) is 6.44. The van der Waals surface area contributed by atoms with Gasteiger partial charge < -0.3 is 9.64 Å². The molecule has 166 valence electrons. The lowest BCUT2D eigenvalue weighted by atomic mass is 9.92. The van der Waals surface area contributed by atoms with Gasteiger partial charge in [-0.15, -0.1) is 0 Å². The van der Waals surface area contributed by atoms with Gasteiger partial charge in [-0.1, -0.05) is 17.7 Å². The molecule has 0 N–H and O–H groups in total. The highest BCUT2D eigenvalue weighted by Gasteiger charge is 2.31. The summed E-state index contributed by atoms with van der Waals surface area (Å²) < 4.78 is 32.1. The molecule has 2 aromatic heterocycles. The largest absolute Gasteiger partial charge is 0.477 e. The molecule has 5 nitrogen and oxygen atoms in total. The number of hydrogen-bond donors (Lipinski definition) is 0. The minimum Gasteiger partial charge on any atom is -0.477 e. The number of carbonyl (C=O) groups is 1. The lowest BCUT2D eigenvalue weighted by molar-refractivity contribution is 0.0503. The van der Waals surface area contributed by atoms with E-state index in [2.05, 4.69) is 9.97 Å². The van der Waals surface area contributed by atoms with Gasteiger partial charge in [0.25, 0.3) is 5.91 Å². The monoisotopic (exact) mass is 437 g/mol. The number of amides is 1. The molecule has 3 heterocycles. The maximum atomic E-state index is 13.6. The number of likely N-dealkylation sites (tertiary alicyclic amines) is 1. The summed E-state index contributed by atoms with van der Waals surface area (Å²) in [6.07, 6.45) is 4.06. The van der Waals surface area contributed by atoms with Crippen LogP contribution >= 0.6 is 0 Å². The second kappa shape index (κ2) is 9.42. The second-order valence-electron chi connectivity index (χ2n) is 8.29. The van der Waals surface area contributed by atoms with Gasteiger partial charge in [0, 0.05) is 35.7 Å². The number of aromatic nitrogens is 2. The van der Waals surface area contributed by atoms with Crippen molar-refractivity contribution in [1.82, 2.24) is 14.9 Å². The minimum atomic E-state index is -0.420. The van der Waals surface area contributed by atoms with E-state index in [0.29, 0.717) is 35.9 Å².